The molecule has 3 rings (SSSR count). The van der Waals surface area contributed by atoms with Gasteiger partial charge < -0.3 is 10.2 Å². The van der Waals surface area contributed by atoms with Crippen LogP contribution in [-0.2, 0) is 9.59 Å². The Morgan fingerprint density at radius 1 is 1.17 bits per heavy atom. The Labute approximate surface area is 137 Å². The van der Waals surface area contributed by atoms with E-state index >= 15 is 0 Å². The second-order valence-corrected chi connectivity index (χ2v) is 7.67. The lowest BCUT2D eigenvalue weighted by atomic mass is 9.77. The Hall–Kier alpha value is -1.59. The number of carbonyl (C=O) groups is 3. The first-order chi connectivity index (χ1) is 10.9. The molecule has 6 heteroatoms. The monoisotopic (exact) mass is 321 g/mol. The number of amides is 4. The Morgan fingerprint density at radius 2 is 1.87 bits per heavy atom. The largest absolute Gasteiger partial charge is 0.341 e. The van der Waals surface area contributed by atoms with Crippen LogP contribution >= 0.6 is 0 Å². The molecule has 4 amide bonds. The first kappa shape index (κ1) is 16.3. The summed E-state index contributed by atoms with van der Waals surface area (Å²) in [7, 11) is 0. The molecule has 128 valence electrons. The van der Waals surface area contributed by atoms with E-state index in [0.717, 1.165) is 43.7 Å². The van der Waals surface area contributed by atoms with Crippen molar-refractivity contribution >= 4 is 17.8 Å². The number of nitrogens with zero attached hydrogens (tertiary/aromatic N) is 2. The SMILES string of the molecule is CC1CCC2(CC1)NC(=O)N(CC(=O)N1CCCC(C)C1)C2=O. The number of hydrogen-bond acceptors (Lipinski definition) is 3. The minimum Gasteiger partial charge on any atom is -0.341 e. The van der Waals surface area contributed by atoms with Gasteiger partial charge in [0, 0.05) is 13.1 Å². The molecule has 0 aromatic carbocycles. The summed E-state index contributed by atoms with van der Waals surface area (Å²) in [5, 5.41) is 2.87. The van der Waals surface area contributed by atoms with Crippen LogP contribution in [0.5, 0.6) is 0 Å². The van der Waals surface area contributed by atoms with Crippen molar-refractivity contribution in [2.45, 2.75) is 57.9 Å². The quantitative estimate of drug-likeness (QED) is 0.788. The van der Waals surface area contributed by atoms with Gasteiger partial charge in [-0.25, -0.2) is 4.79 Å². The fraction of sp³-hybridized carbons (Fsp3) is 0.824. The van der Waals surface area contributed by atoms with E-state index in [1.54, 1.807) is 4.90 Å². The molecule has 2 aliphatic heterocycles. The molecule has 2 heterocycles. The standard InChI is InChI=1S/C17H27N3O3/c1-12-5-7-17(8-6-12)15(22)20(16(23)18-17)11-14(21)19-9-3-4-13(2)10-19/h12-13H,3-11H2,1-2H3,(H,18,23). The molecule has 1 unspecified atom stereocenters. The summed E-state index contributed by atoms with van der Waals surface area (Å²) in [5.74, 6) is 0.770. The average molecular weight is 321 g/mol. The van der Waals surface area contributed by atoms with Crippen LogP contribution in [0.1, 0.15) is 52.4 Å². The number of carbonyl (C=O) groups excluding carboxylic acids is 3. The highest BCUT2D eigenvalue weighted by Gasteiger charge is 2.52. The van der Waals surface area contributed by atoms with Crippen LogP contribution in [0.3, 0.4) is 0 Å². The number of likely N-dealkylation sites (tertiary alicyclic amines) is 1. The molecule has 1 saturated carbocycles. The molecule has 1 N–H and O–H groups in total. The summed E-state index contributed by atoms with van der Waals surface area (Å²) in [4.78, 5) is 40.4. The van der Waals surface area contributed by atoms with E-state index in [2.05, 4.69) is 19.2 Å². The fourth-order valence-electron chi connectivity index (χ4n) is 4.06. The van der Waals surface area contributed by atoms with Crippen molar-refractivity contribution in [1.82, 2.24) is 15.1 Å². The Kier molecular flexibility index (Phi) is 4.34. The second-order valence-electron chi connectivity index (χ2n) is 7.67. The van der Waals surface area contributed by atoms with E-state index in [1.165, 1.54) is 0 Å². The van der Waals surface area contributed by atoms with Crippen molar-refractivity contribution in [1.29, 1.82) is 0 Å². The summed E-state index contributed by atoms with van der Waals surface area (Å²) >= 11 is 0. The number of hydrogen-bond donors (Lipinski definition) is 1. The molecular formula is C17H27N3O3. The van der Waals surface area contributed by atoms with Gasteiger partial charge in [-0.1, -0.05) is 13.8 Å². The van der Waals surface area contributed by atoms with Crippen LogP contribution in [-0.4, -0.2) is 52.8 Å². The van der Waals surface area contributed by atoms with Gasteiger partial charge in [-0.15, -0.1) is 0 Å². The number of imide groups is 1. The minimum atomic E-state index is -0.751. The van der Waals surface area contributed by atoms with Crippen molar-refractivity contribution in [2.75, 3.05) is 19.6 Å². The van der Waals surface area contributed by atoms with E-state index in [1.807, 2.05) is 0 Å². The zero-order chi connectivity index (χ0) is 16.6. The van der Waals surface area contributed by atoms with Crippen molar-refractivity contribution in [3.63, 3.8) is 0 Å². The summed E-state index contributed by atoms with van der Waals surface area (Å²) in [6, 6.07) is -0.400. The molecule has 0 bridgehead atoms. The molecule has 3 fully saturated rings. The van der Waals surface area contributed by atoms with Crippen LogP contribution in [0, 0.1) is 11.8 Å². The zero-order valence-corrected chi connectivity index (χ0v) is 14.1. The van der Waals surface area contributed by atoms with Gasteiger partial charge >= 0.3 is 6.03 Å². The highest BCUT2D eigenvalue weighted by molar-refractivity contribution is 6.09. The van der Waals surface area contributed by atoms with Gasteiger partial charge in [0.25, 0.3) is 5.91 Å². The lowest BCUT2D eigenvalue weighted by Gasteiger charge is -2.34. The molecular weight excluding hydrogens is 294 g/mol. The maximum atomic E-state index is 12.8. The Bertz CT molecular complexity index is 511. The maximum absolute atomic E-state index is 12.8. The third-order valence-electron chi connectivity index (χ3n) is 5.68. The molecule has 6 nitrogen and oxygen atoms in total. The van der Waals surface area contributed by atoms with Gasteiger partial charge in [-0.2, -0.15) is 0 Å². The van der Waals surface area contributed by atoms with Crippen LogP contribution in [0.15, 0.2) is 0 Å². The van der Waals surface area contributed by atoms with Crippen LogP contribution in [0.4, 0.5) is 4.79 Å². The Morgan fingerprint density at radius 3 is 2.52 bits per heavy atom. The first-order valence-corrected chi connectivity index (χ1v) is 8.83. The number of piperidine rings is 1. The smallest absolute Gasteiger partial charge is 0.325 e. The first-order valence-electron chi connectivity index (χ1n) is 8.83. The normalized spacial score (nSPS) is 34.9. The van der Waals surface area contributed by atoms with Crippen LogP contribution in [0.25, 0.3) is 0 Å². The summed E-state index contributed by atoms with van der Waals surface area (Å²) in [6.07, 6.45) is 5.38. The van der Waals surface area contributed by atoms with Crippen LogP contribution < -0.4 is 5.32 Å². The molecule has 1 atom stereocenters. The average Bonchev–Trinajstić information content (AvgIpc) is 2.75. The zero-order valence-electron chi connectivity index (χ0n) is 14.1. The molecule has 0 aromatic rings. The van der Waals surface area contributed by atoms with E-state index in [4.69, 9.17) is 0 Å². The third-order valence-corrected chi connectivity index (χ3v) is 5.68. The van der Waals surface area contributed by atoms with E-state index in [-0.39, 0.29) is 18.4 Å². The van der Waals surface area contributed by atoms with Gasteiger partial charge in [-0.3, -0.25) is 14.5 Å². The topological polar surface area (TPSA) is 69.7 Å². The van der Waals surface area contributed by atoms with Crippen molar-refractivity contribution in [3.8, 4) is 0 Å². The fourth-order valence-corrected chi connectivity index (χ4v) is 4.06. The molecule has 1 aliphatic carbocycles. The summed E-state index contributed by atoms with van der Waals surface area (Å²) in [5.41, 5.74) is -0.751. The summed E-state index contributed by atoms with van der Waals surface area (Å²) in [6.45, 7) is 5.65. The van der Waals surface area contributed by atoms with Gasteiger partial charge in [0.1, 0.15) is 12.1 Å². The number of urea groups is 1. The van der Waals surface area contributed by atoms with Crippen molar-refractivity contribution in [3.05, 3.63) is 0 Å². The lowest BCUT2D eigenvalue weighted by molar-refractivity contribution is -0.140. The van der Waals surface area contributed by atoms with E-state index in [0.29, 0.717) is 24.7 Å². The lowest BCUT2D eigenvalue weighted by Crippen LogP contribution is -2.50. The van der Waals surface area contributed by atoms with Crippen molar-refractivity contribution < 1.29 is 14.4 Å². The number of nitrogens with one attached hydrogen (secondary N) is 1. The van der Waals surface area contributed by atoms with Crippen LogP contribution in [0.2, 0.25) is 0 Å². The highest BCUT2D eigenvalue weighted by Crippen LogP contribution is 2.36. The molecule has 3 aliphatic rings. The second kappa shape index (κ2) is 6.13. The third kappa shape index (κ3) is 3.08. The maximum Gasteiger partial charge on any atom is 0.325 e. The molecule has 0 aromatic heterocycles. The number of rotatable bonds is 2. The highest BCUT2D eigenvalue weighted by atomic mass is 16.2. The van der Waals surface area contributed by atoms with Gasteiger partial charge in [0.15, 0.2) is 0 Å². The van der Waals surface area contributed by atoms with Gasteiger partial charge in [0.2, 0.25) is 5.91 Å². The summed E-state index contributed by atoms with van der Waals surface area (Å²) < 4.78 is 0. The predicted molar refractivity (Wildman–Crippen MR) is 85.6 cm³/mol. The molecule has 23 heavy (non-hydrogen) atoms. The van der Waals surface area contributed by atoms with Gasteiger partial charge in [-0.05, 0) is 50.4 Å². The van der Waals surface area contributed by atoms with Crippen molar-refractivity contribution in [2.24, 2.45) is 11.8 Å². The minimum absolute atomic E-state index is 0.110. The molecule has 1 spiro atoms. The van der Waals surface area contributed by atoms with E-state index < -0.39 is 11.6 Å². The van der Waals surface area contributed by atoms with E-state index in [9.17, 15) is 14.4 Å². The molecule has 0 radical (unpaired) electrons. The predicted octanol–water partition coefficient (Wildman–Crippen LogP) is 1.75. The van der Waals surface area contributed by atoms with Gasteiger partial charge in [0.05, 0.1) is 0 Å². The molecule has 2 saturated heterocycles. The Balaban J connectivity index is 1.65.